The molecular weight excluding hydrogens is 475 g/mol. The van der Waals surface area contributed by atoms with E-state index < -0.39 is 11.7 Å². The Hall–Kier alpha value is -4.07. The molecule has 0 aliphatic carbocycles. The van der Waals surface area contributed by atoms with E-state index in [1.54, 1.807) is 18.2 Å². The van der Waals surface area contributed by atoms with Gasteiger partial charge in [-0.05, 0) is 67.6 Å². The first-order chi connectivity index (χ1) is 18.0. The standard InChI is InChI=1S/C29H31FN2O5/c1-4-37-24-8-6-5-7-22(24)29(34)32-17-15-20(16-18-32)19-9-11-21(12-10-19)31-28(33)26-23(30)13-14-25(35-2)27(26)36-3/h5-14,20H,4,15-18H2,1-3H3,(H,31,33). The quantitative estimate of drug-likeness (QED) is 0.436. The molecule has 2 amide bonds. The Bertz CT molecular complexity index is 1250. The van der Waals surface area contributed by atoms with Crippen molar-refractivity contribution >= 4 is 17.5 Å². The van der Waals surface area contributed by atoms with Crippen molar-refractivity contribution in [2.75, 3.05) is 39.2 Å². The summed E-state index contributed by atoms with van der Waals surface area (Å²) in [4.78, 5) is 27.8. The third kappa shape index (κ3) is 5.69. The van der Waals surface area contributed by atoms with Crippen LogP contribution in [0.15, 0.2) is 60.7 Å². The third-order valence-corrected chi connectivity index (χ3v) is 6.56. The molecule has 0 saturated carbocycles. The van der Waals surface area contributed by atoms with Crippen molar-refractivity contribution < 1.29 is 28.2 Å². The van der Waals surface area contributed by atoms with E-state index in [0.717, 1.165) is 18.4 Å². The average Bonchev–Trinajstić information content (AvgIpc) is 2.93. The molecule has 0 spiro atoms. The lowest BCUT2D eigenvalue weighted by Crippen LogP contribution is -2.38. The fraction of sp³-hybridized carbons (Fsp3) is 0.310. The van der Waals surface area contributed by atoms with Crippen molar-refractivity contribution in [3.8, 4) is 17.2 Å². The minimum atomic E-state index is -0.697. The Morgan fingerprint density at radius 3 is 2.30 bits per heavy atom. The fourth-order valence-electron chi connectivity index (χ4n) is 4.66. The van der Waals surface area contributed by atoms with Crippen LogP contribution in [0.2, 0.25) is 0 Å². The average molecular weight is 507 g/mol. The van der Waals surface area contributed by atoms with Gasteiger partial charge in [0.05, 0.1) is 26.4 Å². The highest BCUT2D eigenvalue weighted by Gasteiger charge is 2.26. The van der Waals surface area contributed by atoms with Gasteiger partial charge in [-0.3, -0.25) is 9.59 Å². The summed E-state index contributed by atoms with van der Waals surface area (Å²) in [7, 11) is 2.79. The SMILES string of the molecule is CCOc1ccccc1C(=O)N1CCC(c2ccc(NC(=O)c3c(F)ccc(OC)c3OC)cc2)CC1. The summed E-state index contributed by atoms with van der Waals surface area (Å²) < 4.78 is 30.5. The maximum Gasteiger partial charge on any atom is 0.262 e. The normalized spacial score (nSPS) is 13.7. The van der Waals surface area contributed by atoms with Crippen LogP contribution in [0, 0.1) is 5.82 Å². The number of methoxy groups -OCH3 is 2. The molecule has 1 heterocycles. The number of halogens is 1. The van der Waals surface area contributed by atoms with Crippen LogP contribution in [-0.4, -0.2) is 50.6 Å². The highest BCUT2D eigenvalue weighted by molar-refractivity contribution is 6.07. The first kappa shape index (κ1) is 26.0. The molecule has 7 nitrogen and oxygen atoms in total. The van der Waals surface area contributed by atoms with Gasteiger partial charge in [0.15, 0.2) is 11.5 Å². The van der Waals surface area contributed by atoms with Crippen molar-refractivity contribution in [1.29, 1.82) is 0 Å². The van der Waals surface area contributed by atoms with Gasteiger partial charge in [-0.15, -0.1) is 0 Å². The summed E-state index contributed by atoms with van der Waals surface area (Å²) in [6, 6.07) is 17.4. The monoisotopic (exact) mass is 506 g/mol. The number of carbonyl (C=O) groups excluding carboxylic acids is 2. The molecule has 1 aliphatic heterocycles. The van der Waals surface area contributed by atoms with Crippen LogP contribution in [0.4, 0.5) is 10.1 Å². The lowest BCUT2D eigenvalue weighted by molar-refractivity contribution is 0.0708. The van der Waals surface area contributed by atoms with Crippen molar-refractivity contribution in [1.82, 2.24) is 4.90 Å². The molecule has 1 N–H and O–H groups in total. The van der Waals surface area contributed by atoms with E-state index in [1.165, 1.54) is 26.4 Å². The molecule has 194 valence electrons. The number of hydrogen-bond donors (Lipinski definition) is 1. The predicted molar refractivity (Wildman–Crippen MR) is 139 cm³/mol. The molecule has 1 aliphatic rings. The Morgan fingerprint density at radius 1 is 0.946 bits per heavy atom. The second kappa shape index (κ2) is 11.8. The van der Waals surface area contributed by atoms with Crippen LogP contribution in [0.5, 0.6) is 17.2 Å². The topological polar surface area (TPSA) is 77.1 Å². The second-order valence-corrected chi connectivity index (χ2v) is 8.73. The van der Waals surface area contributed by atoms with Gasteiger partial charge in [-0.1, -0.05) is 24.3 Å². The number of benzene rings is 3. The van der Waals surface area contributed by atoms with Gasteiger partial charge >= 0.3 is 0 Å². The molecule has 0 aromatic heterocycles. The predicted octanol–water partition coefficient (Wildman–Crippen LogP) is 5.51. The van der Waals surface area contributed by atoms with Crippen molar-refractivity contribution in [2.45, 2.75) is 25.7 Å². The number of carbonyl (C=O) groups is 2. The smallest absolute Gasteiger partial charge is 0.262 e. The zero-order valence-corrected chi connectivity index (χ0v) is 21.3. The summed E-state index contributed by atoms with van der Waals surface area (Å²) in [6.45, 7) is 3.71. The van der Waals surface area contributed by atoms with Gasteiger partial charge in [0.1, 0.15) is 17.1 Å². The number of hydrogen-bond acceptors (Lipinski definition) is 5. The number of piperidine rings is 1. The van der Waals surface area contributed by atoms with Crippen LogP contribution in [0.1, 0.15) is 52.0 Å². The minimum absolute atomic E-state index is 0.0132. The number of nitrogens with one attached hydrogen (secondary N) is 1. The number of rotatable bonds is 8. The molecule has 1 fully saturated rings. The van der Waals surface area contributed by atoms with E-state index in [4.69, 9.17) is 14.2 Å². The van der Waals surface area contributed by atoms with Crippen molar-refractivity contribution in [3.63, 3.8) is 0 Å². The van der Waals surface area contributed by atoms with Gasteiger partial charge in [0, 0.05) is 18.8 Å². The van der Waals surface area contributed by atoms with Crippen LogP contribution < -0.4 is 19.5 Å². The highest BCUT2D eigenvalue weighted by Crippen LogP contribution is 2.34. The maximum absolute atomic E-state index is 14.4. The Labute approximate surface area is 216 Å². The number of likely N-dealkylation sites (tertiary alicyclic amines) is 1. The summed E-state index contributed by atoms with van der Waals surface area (Å²) in [5.41, 5.74) is 2.05. The van der Waals surface area contributed by atoms with E-state index in [-0.39, 0.29) is 23.0 Å². The van der Waals surface area contributed by atoms with Crippen LogP contribution in [0.25, 0.3) is 0 Å². The minimum Gasteiger partial charge on any atom is -0.493 e. The lowest BCUT2D eigenvalue weighted by atomic mass is 9.89. The number of para-hydroxylation sites is 1. The number of anilines is 1. The van der Waals surface area contributed by atoms with E-state index in [9.17, 15) is 14.0 Å². The zero-order valence-electron chi connectivity index (χ0n) is 21.3. The maximum atomic E-state index is 14.4. The van der Waals surface area contributed by atoms with Crippen molar-refractivity contribution in [2.24, 2.45) is 0 Å². The van der Waals surface area contributed by atoms with Crippen LogP contribution in [0.3, 0.4) is 0 Å². The summed E-state index contributed by atoms with van der Waals surface area (Å²) in [6.07, 6.45) is 1.67. The number of nitrogens with zero attached hydrogens (tertiary/aromatic N) is 1. The Morgan fingerprint density at radius 2 is 1.65 bits per heavy atom. The third-order valence-electron chi connectivity index (χ3n) is 6.56. The molecule has 3 aromatic carbocycles. The largest absolute Gasteiger partial charge is 0.493 e. The number of amides is 2. The van der Waals surface area contributed by atoms with E-state index in [1.807, 2.05) is 42.2 Å². The molecule has 0 atom stereocenters. The fourth-order valence-corrected chi connectivity index (χ4v) is 4.66. The van der Waals surface area contributed by atoms with Gasteiger partial charge < -0.3 is 24.4 Å². The van der Waals surface area contributed by atoms with Crippen molar-refractivity contribution in [3.05, 3.63) is 83.2 Å². The van der Waals surface area contributed by atoms with Gasteiger partial charge in [-0.25, -0.2) is 4.39 Å². The molecule has 0 bridgehead atoms. The molecule has 0 unspecified atom stereocenters. The molecule has 1 saturated heterocycles. The van der Waals surface area contributed by atoms with E-state index >= 15 is 0 Å². The van der Waals surface area contributed by atoms with E-state index in [2.05, 4.69) is 5.32 Å². The molecular formula is C29H31FN2O5. The Balaban J connectivity index is 1.39. The summed E-state index contributed by atoms with van der Waals surface area (Å²) in [5.74, 6) is -0.108. The number of ether oxygens (including phenoxy) is 3. The molecule has 37 heavy (non-hydrogen) atoms. The Kier molecular flexibility index (Phi) is 8.28. The van der Waals surface area contributed by atoms with E-state index in [0.29, 0.717) is 42.6 Å². The van der Waals surface area contributed by atoms with Gasteiger partial charge in [0.25, 0.3) is 11.8 Å². The van der Waals surface area contributed by atoms with Gasteiger partial charge in [-0.2, -0.15) is 0 Å². The van der Waals surface area contributed by atoms with Crippen LogP contribution >= 0.6 is 0 Å². The summed E-state index contributed by atoms with van der Waals surface area (Å²) >= 11 is 0. The molecule has 8 heteroatoms. The highest BCUT2D eigenvalue weighted by atomic mass is 19.1. The van der Waals surface area contributed by atoms with Crippen LogP contribution in [-0.2, 0) is 0 Å². The first-order valence-electron chi connectivity index (χ1n) is 12.3. The summed E-state index contributed by atoms with van der Waals surface area (Å²) in [5, 5.41) is 2.73. The molecule has 3 aromatic rings. The van der Waals surface area contributed by atoms with Gasteiger partial charge in [0.2, 0.25) is 0 Å². The first-order valence-corrected chi connectivity index (χ1v) is 12.3. The zero-order chi connectivity index (χ0) is 26.4. The second-order valence-electron chi connectivity index (χ2n) is 8.73. The molecule has 0 radical (unpaired) electrons. The lowest BCUT2D eigenvalue weighted by Gasteiger charge is -2.32. The molecule has 4 rings (SSSR count).